The van der Waals surface area contributed by atoms with Crippen molar-refractivity contribution in [2.45, 2.75) is 17.6 Å². The van der Waals surface area contributed by atoms with Crippen molar-refractivity contribution in [1.82, 2.24) is 0 Å². The van der Waals surface area contributed by atoms with E-state index < -0.39 is 28.7 Å². The van der Waals surface area contributed by atoms with Crippen LogP contribution >= 0.6 is 28.6 Å². The second-order valence-corrected chi connectivity index (χ2v) is 4.61. The van der Waals surface area contributed by atoms with Crippen LogP contribution in [0.3, 0.4) is 0 Å². The van der Waals surface area contributed by atoms with E-state index in [0.717, 1.165) is 12.1 Å². The third-order valence-corrected chi connectivity index (χ3v) is 2.99. The first-order valence-corrected chi connectivity index (χ1v) is 5.46. The monoisotopic (exact) mass is 338 g/mol. The van der Waals surface area contributed by atoms with Crippen LogP contribution in [0.2, 0.25) is 0 Å². The maximum Gasteiger partial charge on any atom is 0.416 e. The fourth-order valence-corrected chi connectivity index (χ4v) is 1.79. The minimum absolute atomic E-state index is 0.129. The highest BCUT2D eigenvalue weighted by Crippen LogP contribution is 2.44. The Morgan fingerprint density at radius 2 is 1.59 bits per heavy atom. The Hall–Kier alpha value is -0.370. The third-order valence-electron chi connectivity index (χ3n) is 1.92. The predicted octanol–water partition coefficient (Wildman–Crippen LogP) is 5.00. The van der Waals surface area contributed by atoms with Gasteiger partial charge in [0.2, 0.25) is 0 Å². The van der Waals surface area contributed by atoms with E-state index in [2.05, 4.69) is 28.6 Å². The van der Waals surface area contributed by atoms with E-state index in [4.69, 9.17) is 0 Å². The summed E-state index contributed by atoms with van der Waals surface area (Å²) in [4.78, 5) is 0. The molecule has 1 aromatic carbocycles. The van der Waals surface area contributed by atoms with E-state index in [9.17, 15) is 26.3 Å². The summed E-state index contributed by atoms with van der Waals surface area (Å²) in [5, 5.41) is -2.48. The molecule has 0 nitrogen and oxygen atoms in total. The number of alkyl halides is 6. The Kier molecular flexibility index (Phi) is 4.08. The van der Waals surface area contributed by atoms with Gasteiger partial charge in [0, 0.05) is 4.47 Å². The molecule has 0 bridgehead atoms. The summed E-state index contributed by atoms with van der Waals surface area (Å²) in [6, 6.07) is 2.39. The third kappa shape index (κ3) is 3.54. The van der Waals surface area contributed by atoms with Crippen LogP contribution in [0, 0.1) is 0 Å². The fraction of sp³-hybridized carbons (Fsp3) is 0.333. The van der Waals surface area contributed by atoms with Gasteiger partial charge < -0.3 is 0 Å². The summed E-state index contributed by atoms with van der Waals surface area (Å²) in [6.07, 6.45) is -9.69. The number of hydrogen-bond donors (Lipinski definition) is 1. The smallest absolute Gasteiger partial charge is 0.169 e. The van der Waals surface area contributed by atoms with Crippen molar-refractivity contribution in [1.29, 1.82) is 0 Å². The number of halogens is 7. The Morgan fingerprint density at radius 3 is 2.00 bits per heavy atom. The molecule has 0 heterocycles. The van der Waals surface area contributed by atoms with Gasteiger partial charge in [-0.1, -0.05) is 15.9 Å². The molecule has 0 N–H and O–H groups in total. The predicted molar refractivity (Wildman–Crippen MR) is 56.9 cm³/mol. The van der Waals surface area contributed by atoms with Crippen molar-refractivity contribution in [3.8, 4) is 0 Å². The van der Waals surface area contributed by atoms with E-state index in [-0.39, 0.29) is 4.47 Å². The molecule has 0 amide bonds. The highest BCUT2D eigenvalue weighted by molar-refractivity contribution is 9.10. The van der Waals surface area contributed by atoms with Gasteiger partial charge in [0.15, 0.2) is 0 Å². The summed E-state index contributed by atoms with van der Waals surface area (Å²) in [5.41, 5.74) is -2.25. The molecule has 0 saturated heterocycles. The normalized spacial score (nSPS) is 14.8. The van der Waals surface area contributed by atoms with E-state index in [1.54, 1.807) is 0 Å². The molecular formula is C9H5BrF6S. The second-order valence-electron chi connectivity index (χ2n) is 3.17. The standard InChI is InChI=1S/C9H5BrF6S/c10-4-1-2-6(8(11,12)13)5(3-4)7(17)9(14,15)16/h1-3,7,17H. The van der Waals surface area contributed by atoms with Gasteiger partial charge in [-0.3, -0.25) is 0 Å². The Bertz CT molecular complexity index is 411. The lowest BCUT2D eigenvalue weighted by Gasteiger charge is -2.20. The highest BCUT2D eigenvalue weighted by Gasteiger charge is 2.43. The zero-order valence-electron chi connectivity index (χ0n) is 7.90. The maximum atomic E-state index is 12.5. The first-order chi connectivity index (χ1) is 7.53. The molecule has 8 heteroatoms. The number of hydrogen-bond acceptors (Lipinski definition) is 1. The number of thiol groups is 1. The molecule has 0 fully saturated rings. The van der Waals surface area contributed by atoms with Crippen LogP contribution < -0.4 is 0 Å². The number of rotatable bonds is 1. The van der Waals surface area contributed by atoms with E-state index >= 15 is 0 Å². The minimum atomic E-state index is -4.84. The molecule has 1 rings (SSSR count). The molecule has 0 aromatic heterocycles. The Morgan fingerprint density at radius 1 is 1.06 bits per heavy atom. The molecule has 1 atom stereocenters. The quantitative estimate of drug-likeness (QED) is 0.540. The minimum Gasteiger partial charge on any atom is -0.169 e. The average Bonchev–Trinajstić information content (AvgIpc) is 2.13. The Balaban J connectivity index is 3.35. The zero-order valence-corrected chi connectivity index (χ0v) is 10.4. The molecule has 17 heavy (non-hydrogen) atoms. The molecule has 0 aliphatic carbocycles. The van der Waals surface area contributed by atoms with Crippen molar-refractivity contribution >= 4 is 28.6 Å². The average molecular weight is 339 g/mol. The van der Waals surface area contributed by atoms with Crippen LogP contribution in [-0.4, -0.2) is 6.18 Å². The lowest BCUT2D eigenvalue weighted by molar-refractivity contribution is -0.144. The Labute approximate surface area is 107 Å². The SMILES string of the molecule is FC(F)(F)c1ccc(Br)cc1C(S)C(F)(F)F. The molecule has 1 aromatic rings. The van der Waals surface area contributed by atoms with Gasteiger partial charge in [0.05, 0.1) is 5.56 Å². The summed E-state index contributed by atoms with van der Waals surface area (Å²) in [6.45, 7) is 0. The lowest BCUT2D eigenvalue weighted by Crippen LogP contribution is -2.20. The van der Waals surface area contributed by atoms with Crippen molar-refractivity contribution in [3.05, 3.63) is 33.8 Å². The first-order valence-electron chi connectivity index (χ1n) is 4.15. The molecule has 0 spiro atoms. The topological polar surface area (TPSA) is 0 Å². The lowest BCUT2D eigenvalue weighted by atomic mass is 10.0. The molecular weight excluding hydrogens is 334 g/mol. The van der Waals surface area contributed by atoms with E-state index in [1.807, 2.05) is 0 Å². The summed E-state index contributed by atoms with van der Waals surface area (Å²) in [5.74, 6) is 0. The van der Waals surface area contributed by atoms with Crippen LogP contribution in [0.25, 0.3) is 0 Å². The maximum absolute atomic E-state index is 12.5. The van der Waals surface area contributed by atoms with E-state index in [1.165, 1.54) is 0 Å². The molecule has 0 radical (unpaired) electrons. The first kappa shape index (κ1) is 14.7. The van der Waals surface area contributed by atoms with E-state index in [0.29, 0.717) is 6.07 Å². The van der Waals surface area contributed by atoms with Crippen LogP contribution in [0.1, 0.15) is 16.4 Å². The largest absolute Gasteiger partial charge is 0.416 e. The van der Waals surface area contributed by atoms with Crippen LogP contribution in [-0.2, 0) is 6.18 Å². The van der Waals surface area contributed by atoms with Crippen LogP contribution in [0.4, 0.5) is 26.3 Å². The summed E-state index contributed by atoms with van der Waals surface area (Å²) >= 11 is 6.03. The van der Waals surface area contributed by atoms with Crippen molar-refractivity contribution in [3.63, 3.8) is 0 Å². The van der Waals surface area contributed by atoms with Crippen LogP contribution in [0.15, 0.2) is 22.7 Å². The van der Waals surface area contributed by atoms with Gasteiger partial charge in [0.1, 0.15) is 5.25 Å². The van der Waals surface area contributed by atoms with Crippen molar-refractivity contribution in [2.24, 2.45) is 0 Å². The van der Waals surface area contributed by atoms with Gasteiger partial charge in [-0.25, -0.2) is 0 Å². The van der Waals surface area contributed by atoms with Gasteiger partial charge >= 0.3 is 12.4 Å². The number of benzene rings is 1. The second kappa shape index (κ2) is 4.72. The summed E-state index contributed by atoms with van der Waals surface area (Å²) < 4.78 is 74.8. The van der Waals surface area contributed by atoms with Crippen LogP contribution in [0.5, 0.6) is 0 Å². The molecule has 0 aliphatic heterocycles. The molecule has 1 unspecified atom stereocenters. The van der Waals surface area contributed by atoms with Crippen molar-refractivity contribution < 1.29 is 26.3 Å². The highest BCUT2D eigenvalue weighted by atomic mass is 79.9. The van der Waals surface area contributed by atoms with Gasteiger partial charge in [-0.2, -0.15) is 39.0 Å². The zero-order chi connectivity index (χ0) is 13.4. The fourth-order valence-electron chi connectivity index (χ4n) is 1.19. The molecule has 0 aliphatic rings. The summed E-state index contributed by atoms with van der Waals surface area (Å²) in [7, 11) is 0. The van der Waals surface area contributed by atoms with Crippen molar-refractivity contribution in [2.75, 3.05) is 0 Å². The molecule has 96 valence electrons. The molecule has 0 saturated carbocycles. The van der Waals surface area contributed by atoms with Gasteiger partial charge in [-0.05, 0) is 23.8 Å². The van der Waals surface area contributed by atoms with Gasteiger partial charge in [-0.15, -0.1) is 0 Å². The van der Waals surface area contributed by atoms with Gasteiger partial charge in [0.25, 0.3) is 0 Å².